The fraction of sp³-hybridized carbons (Fsp3) is 1.00. The molecule has 156 valence electrons. The van der Waals surface area contributed by atoms with E-state index in [0.29, 0.717) is 6.42 Å². The van der Waals surface area contributed by atoms with Gasteiger partial charge in [-0.25, -0.2) is 0 Å². The molecule has 0 saturated carbocycles. The van der Waals surface area contributed by atoms with Crippen LogP contribution in [0, 0.1) is 0 Å². The first-order valence-electron chi connectivity index (χ1n) is 8.84. The number of hydrogen-bond donors (Lipinski definition) is 4. The Balaban J connectivity index is 0.000000258. The second-order valence-electron chi connectivity index (χ2n) is 7.78. The van der Waals surface area contributed by atoms with E-state index in [1.165, 1.54) is 6.92 Å². The summed E-state index contributed by atoms with van der Waals surface area (Å²) >= 11 is 0. The molecule has 0 unspecified atom stereocenters. The van der Waals surface area contributed by atoms with E-state index < -0.39 is 41.8 Å². The van der Waals surface area contributed by atoms with Crippen LogP contribution in [0.1, 0.15) is 61.8 Å². The lowest BCUT2D eigenvalue weighted by atomic mass is 9.93. The first kappa shape index (κ1) is 23.7. The fourth-order valence-corrected chi connectivity index (χ4v) is 3.59. The quantitative estimate of drug-likeness (QED) is 0.558. The van der Waals surface area contributed by atoms with Gasteiger partial charge in [-0.15, -0.1) is 0 Å². The van der Waals surface area contributed by atoms with Crippen LogP contribution < -0.4 is 0 Å². The van der Waals surface area contributed by atoms with Gasteiger partial charge in [-0.05, 0) is 40.5 Å². The van der Waals surface area contributed by atoms with Crippen LogP contribution in [0.2, 0.25) is 0 Å². The number of hydrogen-bond acceptors (Lipinski definition) is 8. The number of ether oxygens (including phenoxy) is 4. The Kier molecular flexibility index (Phi) is 7.27. The van der Waals surface area contributed by atoms with Gasteiger partial charge in [0.15, 0.2) is 18.4 Å². The number of aliphatic hydroxyl groups is 4. The van der Waals surface area contributed by atoms with Crippen LogP contribution in [0.4, 0.5) is 0 Å². The molecule has 8 atom stereocenters. The zero-order valence-corrected chi connectivity index (χ0v) is 15.8. The summed E-state index contributed by atoms with van der Waals surface area (Å²) in [6.45, 7) is 10.7. The lowest BCUT2D eigenvalue weighted by Crippen LogP contribution is -2.45. The highest BCUT2D eigenvalue weighted by atomic mass is 16.8. The minimum absolute atomic E-state index is 0. The second-order valence-corrected chi connectivity index (χ2v) is 7.78. The van der Waals surface area contributed by atoms with Crippen LogP contribution in [0.15, 0.2) is 0 Å². The smallest absolute Gasteiger partial charge is 0.190 e. The summed E-state index contributed by atoms with van der Waals surface area (Å²) in [5.74, 6) is -0.655. The molecule has 3 fully saturated rings. The lowest BCUT2D eigenvalue weighted by Gasteiger charge is -2.29. The highest BCUT2D eigenvalue weighted by Gasteiger charge is 2.60. The lowest BCUT2D eigenvalue weighted by molar-refractivity contribution is -0.227. The predicted molar refractivity (Wildman–Crippen MR) is 94.1 cm³/mol. The van der Waals surface area contributed by atoms with Gasteiger partial charge in [0, 0.05) is 0 Å². The average molecular weight is 380 g/mol. The first-order chi connectivity index (χ1) is 11.4. The maximum Gasteiger partial charge on any atom is 0.190 e. The van der Waals surface area contributed by atoms with Crippen LogP contribution >= 0.6 is 0 Å². The SMILES string of the molecule is C.CC[C@H]1O[C@@H]2OC(C)(C)O[C@@H]2[C@]1(C)O.CC[C@H]1O[C@H](O)[C@H](O)[C@]1(C)O. The van der Waals surface area contributed by atoms with Crippen molar-refractivity contribution in [2.45, 2.75) is 116 Å². The molecule has 0 aromatic heterocycles. The maximum atomic E-state index is 10.2. The molecule has 0 amide bonds. The van der Waals surface area contributed by atoms with Crippen LogP contribution in [-0.2, 0) is 18.9 Å². The minimum Gasteiger partial charge on any atom is -0.385 e. The third-order valence-electron chi connectivity index (χ3n) is 5.15. The fourth-order valence-electron chi connectivity index (χ4n) is 3.59. The normalized spacial score (nSPS) is 49.2. The van der Waals surface area contributed by atoms with Crippen LogP contribution in [0.25, 0.3) is 0 Å². The minimum atomic E-state index is -1.33. The van der Waals surface area contributed by atoms with Crippen molar-refractivity contribution in [3.8, 4) is 0 Å². The summed E-state index contributed by atoms with van der Waals surface area (Å²) in [7, 11) is 0. The highest BCUT2D eigenvalue weighted by molar-refractivity contribution is 5.01. The molecule has 8 nitrogen and oxygen atoms in total. The Labute approximate surface area is 156 Å². The Morgan fingerprint density at radius 3 is 1.65 bits per heavy atom. The van der Waals surface area contributed by atoms with Crippen molar-refractivity contribution in [3.05, 3.63) is 0 Å². The van der Waals surface area contributed by atoms with Gasteiger partial charge < -0.3 is 39.4 Å². The molecule has 0 aliphatic carbocycles. The summed E-state index contributed by atoms with van der Waals surface area (Å²) in [4.78, 5) is 0. The molecule has 4 N–H and O–H groups in total. The van der Waals surface area contributed by atoms with Crippen molar-refractivity contribution in [2.24, 2.45) is 0 Å². The maximum absolute atomic E-state index is 10.2. The summed E-state index contributed by atoms with van der Waals surface area (Å²) < 4.78 is 21.6. The largest absolute Gasteiger partial charge is 0.385 e. The van der Waals surface area contributed by atoms with Crippen molar-refractivity contribution in [1.29, 1.82) is 0 Å². The Bertz CT molecular complexity index is 464. The summed E-state index contributed by atoms with van der Waals surface area (Å²) in [6, 6.07) is 0. The molecule has 3 aliphatic heterocycles. The first-order valence-corrected chi connectivity index (χ1v) is 8.84. The van der Waals surface area contributed by atoms with E-state index in [1.807, 2.05) is 27.7 Å². The van der Waals surface area contributed by atoms with Gasteiger partial charge in [0.05, 0.1) is 12.2 Å². The third kappa shape index (κ3) is 4.23. The molecule has 0 bridgehead atoms. The van der Waals surface area contributed by atoms with Gasteiger partial charge in [-0.2, -0.15) is 0 Å². The molecular formula is C18H36O8. The van der Waals surface area contributed by atoms with Crippen molar-refractivity contribution >= 4 is 0 Å². The van der Waals surface area contributed by atoms with Gasteiger partial charge in [-0.3, -0.25) is 0 Å². The van der Waals surface area contributed by atoms with Crippen molar-refractivity contribution in [3.63, 3.8) is 0 Å². The van der Waals surface area contributed by atoms with Crippen molar-refractivity contribution in [2.75, 3.05) is 0 Å². The van der Waals surface area contributed by atoms with Crippen LogP contribution in [-0.4, -0.2) is 74.4 Å². The summed E-state index contributed by atoms with van der Waals surface area (Å²) in [6.07, 6.45) is -2.61. The van der Waals surface area contributed by atoms with E-state index >= 15 is 0 Å². The molecule has 0 aromatic rings. The zero-order valence-electron chi connectivity index (χ0n) is 15.8. The summed E-state index contributed by atoms with van der Waals surface area (Å²) in [5.41, 5.74) is -2.28. The van der Waals surface area contributed by atoms with Gasteiger partial charge >= 0.3 is 0 Å². The number of aliphatic hydroxyl groups excluding tert-OH is 2. The van der Waals surface area contributed by atoms with Crippen LogP contribution in [0.5, 0.6) is 0 Å². The molecule has 3 saturated heterocycles. The molecule has 3 rings (SSSR count). The van der Waals surface area contributed by atoms with E-state index in [4.69, 9.17) is 24.1 Å². The van der Waals surface area contributed by atoms with E-state index in [0.717, 1.165) is 6.42 Å². The number of rotatable bonds is 2. The topological polar surface area (TPSA) is 118 Å². The molecule has 8 heteroatoms. The zero-order chi connectivity index (χ0) is 19.2. The van der Waals surface area contributed by atoms with E-state index in [9.17, 15) is 15.3 Å². The van der Waals surface area contributed by atoms with Crippen molar-refractivity contribution < 1.29 is 39.4 Å². The molecule has 3 heterocycles. The number of fused-ring (bicyclic) bond motifs is 1. The van der Waals surface area contributed by atoms with Crippen molar-refractivity contribution in [1.82, 2.24) is 0 Å². The molecular weight excluding hydrogens is 344 g/mol. The van der Waals surface area contributed by atoms with E-state index in [2.05, 4.69) is 0 Å². The monoisotopic (exact) mass is 380 g/mol. The third-order valence-corrected chi connectivity index (χ3v) is 5.15. The molecule has 0 aromatic carbocycles. The van der Waals surface area contributed by atoms with Gasteiger partial charge in [0.1, 0.15) is 23.4 Å². The Hall–Kier alpha value is -0.320. The Morgan fingerprint density at radius 2 is 1.31 bits per heavy atom. The summed E-state index contributed by atoms with van der Waals surface area (Å²) in [5, 5.41) is 38.0. The highest BCUT2D eigenvalue weighted by Crippen LogP contribution is 2.43. The molecule has 26 heavy (non-hydrogen) atoms. The van der Waals surface area contributed by atoms with Crippen LogP contribution in [0.3, 0.4) is 0 Å². The standard InChI is InChI=1S/C10H18O4.C7H14O4.CH4/c1-5-6-10(4,11)7-8(12-6)14-9(2,3)13-7;1-3-4-7(2,10)5(8)6(9)11-4;/h6-8,11H,5H2,1-4H3;4-6,8-10H,3H2,1-2H3;1H4/t6-,7+,8-,10-;4-,5+,6+,7-;/m11./s1. The van der Waals surface area contributed by atoms with Gasteiger partial charge in [-0.1, -0.05) is 21.3 Å². The predicted octanol–water partition coefficient (Wildman–Crippen LogP) is 0.885. The van der Waals surface area contributed by atoms with E-state index in [1.54, 1.807) is 6.92 Å². The van der Waals surface area contributed by atoms with Gasteiger partial charge in [0.25, 0.3) is 0 Å². The molecule has 0 radical (unpaired) electrons. The van der Waals surface area contributed by atoms with Gasteiger partial charge in [0.2, 0.25) is 0 Å². The molecule has 0 spiro atoms. The molecule has 3 aliphatic rings. The second kappa shape index (κ2) is 7.97. The average Bonchev–Trinajstić information content (AvgIpc) is 3.01. The van der Waals surface area contributed by atoms with E-state index in [-0.39, 0.29) is 19.6 Å². The Morgan fingerprint density at radius 1 is 0.808 bits per heavy atom.